The van der Waals surface area contributed by atoms with Crippen molar-refractivity contribution in [1.29, 1.82) is 0 Å². The summed E-state index contributed by atoms with van der Waals surface area (Å²) in [5.41, 5.74) is 2.94. The quantitative estimate of drug-likeness (QED) is 0.593. The van der Waals surface area contributed by atoms with Gasteiger partial charge in [-0.15, -0.1) is 0 Å². The first kappa shape index (κ1) is 6.48. The van der Waals surface area contributed by atoms with E-state index in [1.165, 1.54) is 11.3 Å². The first-order chi connectivity index (χ1) is 5.33. The van der Waals surface area contributed by atoms with E-state index in [1.54, 1.807) is 16.9 Å². The predicted octanol–water partition coefficient (Wildman–Crippen LogP) is 0.912. The second-order valence-corrected chi connectivity index (χ2v) is 2.95. The van der Waals surface area contributed by atoms with E-state index in [1.807, 2.05) is 0 Å². The summed E-state index contributed by atoms with van der Waals surface area (Å²) in [5.74, 6) is 0. The molecule has 11 heavy (non-hydrogen) atoms. The van der Waals surface area contributed by atoms with Gasteiger partial charge >= 0.3 is 0 Å². The van der Waals surface area contributed by atoms with Gasteiger partial charge in [0.25, 0.3) is 0 Å². The van der Waals surface area contributed by atoms with Crippen molar-refractivity contribution in [2.45, 2.75) is 6.92 Å². The Hall–Kier alpha value is -1.23. The molecule has 4 nitrogen and oxygen atoms in total. The summed E-state index contributed by atoms with van der Waals surface area (Å²) < 4.78 is 1.55. The van der Waals surface area contributed by atoms with Crippen molar-refractivity contribution in [2.24, 2.45) is 0 Å². The second-order valence-electron chi connectivity index (χ2n) is 2.13. The number of rotatable bonds is 1. The van der Waals surface area contributed by atoms with E-state index in [0.29, 0.717) is 5.69 Å². The number of aldehydes is 1. The Kier molecular flexibility index (Phi) is 1.25. The molecule has 0 saturated heterocycles. The Morgan fingerprint density at radius 1 is 1.73 bits per heavy atom. The van der Waals surface area contributed by atoms with E-state index in [4.69, 9.17) is 0 Å². The van der Waals surface area contributed by atoms with Gasteiger partial charge in [-0.05, 0) is 6.92 Å². The summed E-state index contributed by atoms with van der Waals surface area (Å²) in [7, 11) is 0. The molecule has 0 N–H and O–H groups in total. The molecule has 0 aliphatic heterocycles. The number of hydrogen-bond acceptors (Lipinski definition) is 4. The molecule has 2 aromatic heterocycles. The molecular weight excluding hydrogens is 162 g/mol. The Bertz CT molecular complexity index is 403. The normalized spacial score (nSPS) is 10.6. The third-order valence-electron chi connectivity index (χ3n) is 1.48. The minimum atomic E-state index is 0.543. The van der Waals surface area contributed by atoms with E-state index in [2.05, 4.69) is 10.1 Å². The first-order valence-corrected chi connectivity index (χ1v) is 3.95. The van der Waals surface area contributed by atoms with Gasteiger partial charge < -0.3 is 0 Å². The van der Waals surface area contributed by atoms with Gasteiger partial charge in [-0.1, -0.05) is 11.3 Å². The molecule has 5 heteroatoms. The van der Waals surface area contributed by atoms with Crippen LogP contribution in [0.15, 0.2) is 5.51 Å². The number of fused-ring (bicyclic) bond motifs is 1. The molecule has 0 bridgehead atoms. The van der Waals surface area contributed by atoms with Gasteiger partial charge in [0.2, 0.25) is 4.96 Å². The van der Waals surface area contributed by atoms with Crippen LogP contribution in [0.3, 0.4) is 0 Å². The monoisotopic (exact) mass is 167 g/mol. The highest BCUT2D eigenvalue weighted by Gasteiger charge is 2.08. The summed E-state index contributed by atoms with van der Waals surface area (Å²) in [5, 5.41) is 3.95. The van der Waals surface area contributed by atoms with Crippen LogP contribution in [-0.4, -0.2) is 20.9 Å². The van der Waals surface area contributed by atoms with Crippen molar-refractivity contribution in [2.75, 3.05) is 0 Å². The molecule has 0 radical (unpaired) electrons. The van der Waals surface area contributed by atoms with Crippen molar-refractivity contribution >= 4 is 22.6 Å². The lowest BCUT2D eigenvalue weighted by Crippen LogP contribution is -1.91. The number of imidazole rings is 1. The highest BCUT2D eigenvalue weighted by atomic mass is 32.1. The minimum Gasteiger partial charge on any atom is -0.296 e. The standard InChI is InChI=1S/C6H5N3OS/c1-4-5(2-10)9-6(8-4)11-3-7-9/h2-3H,1H3. The van der Waals surface area contributed by atoms with Crippen LogP contribution in [0, 0.1) is 6.92 Å². The predicted molar refractivity (Wildman–Crippen MR) is 41.0 cm³/mol. The van der Waals surface area contributed by atoms with Crippen LogP contribution in [0.1, 0.15) is 16.2 Å². The molecule has 0 spiro atoms. The van der Waals surface area contributed by atoms with Gasteiger partial charge in [-0.25, -0.2) is 9.50 Å². The number of carbonyl (C=O) groups is 1. The first-order valence-electron chi connectivity index (χ1n) is 3.07. The molecule has 2 heterocycles. The van der Waals surface area contributed by atoms with E-state index in [0.717, 1.165) is 16.9 Å². The van der Waals surface area contributed by atoms with Crippen LogP contribution < -0.4 is 0 Å². The van der Waals surface area contributed by atoms with Crippen LogP contribution >= 0.6 is 11.3 Å². The molecule has 56 valence electrons. The van der Waals surface area contributed by atoms with Crippen LogP contribution in [0.25, 0.3) is 4.96 Å². The van der Waals surface area contributed by atoms with Gasteiger partial charge in [0.15, 0.2) is 6.29 Å². The van der Waals surface area contributed by atoms with Gasteiger partial charge in [0.05, 0.1) is 5.69 Å². The number of carbonyl (C=O) groups excluding carboxylic acids is 1. The highest BCUT2D eigenvalue weighted by molar-refractivity contribution is 7.14. The molecule has 0 aliphatic carbocycles. The second kappa shape index (κ2) is 2.13. The Morgan fingerprint density at radius 3 is 3.27 bits per heavy atom. The highest BCUT2D eigenvalue weighted by Crippen LogP contribution is 2.12. The lowest BCUT2D eigenvalue weighted by molar-refractivity contribution is 0.111. The molecule has 0 amide bonds. The van der Waals surface area contributed by atoms with E-state index < -0.39 is 0 Å². The Labute approximate surface area is 66.5 Å². The van der Waals surface area contributed by atoms with Gasteiger partial charge in [0, 0.05) is 0 Å². The molecule has 0 atom stereocenters. The zero-order valence-corrected chi connectivity index (χ0v) is 6.63. The summed E-state index contributed by atoms with van der Waals surface area (Å²) in [6, 6.07) is 0. The molecule has 2 rings (SSSR count). The maximum absolute atomic E-state index is 10.5. The maximum Gasteiger partial charge on any atom is 0.212 e. The summed E-state index contributed by atoms with van der Waals surface area (Å²) in [6.45, 7) is 1.80. The van der Waals surface area contributed by atoms with Crippen molar-refractivity contribution in [3.63, 3.8) is 0 Å². The third-order valence-corrected chi connectivity index (χ3v) is 2.15. The van der Waals surface area contributed by atoms with Crippen LogP contribution in [0.4, 0.5) is 0 Å². The smallest absolute Gasteiger partial charge is 0.212 e. The van der Waals surface area contributed by atoms with Crippen molar-refractivity contribution < 1.29 is 4.79 Å². The van der Waals surface area contributed by atoms with Crippen molar-refractivity contribution in [1.82, 2.24) is 14.6 Å². The van der Waals surface area contributed by atoms with Gasteiger partial charge in [-0.2, -0.15) is 5.10 Å². The maximum atomic E-state index is 10.5. The van der Waals surface area contributed by atoms with Gasteiger partial charge in [0.1, 0.15) is 11.2 Å². The summed E-state index contributed by atoms with van der Waals surface area (Å²) in [4.78, 5) is 15.4. The number of aryl methyl sites for hydroxylation is 1. The number of aromatic nitrogens is 3. The topological polar surface area (TPSA) is 47.3 Å². The Balaban J connectivity index is 2.90. The minimum absolute atomic E-state index is 0.543. The average molecular weight is 167 g/mol. The number of hydrogen-bond donors (Lipinski definition) is 0. The Morgan fingerprint density at radius 2 is 2.55 bits per heavy atom. The SMILES string of the molecule is Cc1nc2scnn2c1C=O. The fourth-order valence-corrected chi connectivity index (χ4v) is 1.62. The van der Waals surface area contributed by atoms with E-state index in [-0.39, 0.29) is 0 Å². The molecular formula is C6H5N3OS. The zero-order chi connectivity index (χ0) is 7.84. The van der Waals surface area contributed by atoms with Gasteiger partial charge in [-0.3, -0.25) is 4.79 Å². The summed E-state index contributed by atoms with van der Waals surface area (Å²) in [6.07, 6.45) is 0.773. The van der Waals surface area contributed by atoms with Crippen molar-refractivity contribution in [3.05, 3.63) is 16.9 Å². The molecule has 0 saturated carbocycles. The molecule has 0 fully saturated rings. The largest absolute Gasteiger partial charge is 0.296 e. The van der Waals surface area contributed by atoms with Crippen LogP contribution in [0.5, 0.6) is 0 Å². The van der Waals surface area contributed by atoms with E-state index >= 15 is 0 Å². The van der Waals surface area contributed by atoms with Crippen LogP contribution in [-0.2, 0) is 0 Å². The molecule has 2 aromatic rings. The third kappa shape index (κ3) is 0.775. The van der Waals surface area contributed by atoms with Crippen molar-refractivity contribution in [3.8, 4) is 0 Å². The lowest BCUT2D eigenvalue weighted by atomic mass is 10.4. The summed E-state index contributed by atoms with van der Waals surface area (Å²) >= 11 is 1.42. The molecule has 0 unspecified atom stereocenters. The van der Waals surface area contributed by atoms with E-state index in [9.17, 15) is 4.79 Å². The molecule has 0 aliphatic rings. The average Bonchev–Trinajstić information content (AvgIpc) is 2.46. The lowest BCUT2D eigenvalue weighted by Gasteiger charge is -1.83. The molecule has 0 aromatic carbocycles. The fraction of sp³-hybridized carbons (Fsp3) is 0.167. The number of nitrogens with zero attached hydrogens (tertiary/aromatic N) is 3. The van der Waals surface area contributed by atoms with Crippen LogP contribution in [0.2, 0.25) is 0 Å². The fourth-order valence-electron chi connectivity index (χ4n) is 0.945. The zero-order valence-electron chi connectivity index (χ0n) is 5.81.